The summed E-state index contributed by atoms with van der Waals surface area (Å²) in [4.78, 5) is 12.4. The van der Waals surface area contributed by atoms with Gasteiger partial charge in [0.2, 0.25) is 0 Å². The first-order chi connectivity index (χ1) is 9.02. The maximum Gasteiger partial charge on any atom is 0.195 e. The molecule has 0 saturated carbocycles. The molecule has 0 atom stereocenters. The van der Waals surface area contributed by atoms with E-state index in [-0.39, 0.29) is 5.78 Å². The fraction of sp³-hybridized carbons (Fsp3) is 0.214. The molecule has 5 heteroatoms. The van der Waals surface area contributed by atoms with E-state index in [0.29, 0.717) is 33.3 Å². The Balaban J connectivity index is 2.47. The lowest BCUT2D eigenvalue weighted by atomic mass is 10.0. The van der Waals surface area contributed by atoms with Crippen LogP contribution in [0.3, 0.4) is 0 Å². The Labute approximate surface area is 116 Å². The van der Waals surface area contributed by atoms with Gasteiger partial charge in [0.15, 0.2) is 5.78 Å². The molecule has 0 radical (unpaired) electrons. The molecule has 0 aliphatic rings. The molecule has 0 N–H and O–H groups in total. The average Bonchev–Trinajstić information content (AvgIpc) is 2.41. The van der Waals surface area contributed by atoms with Gasteiger partial charge < -0.3 is 4.74 Å². The van der Waals surface area contributed by atoms with E-state index in [4.69, 9.17) is 16.3 Å². The maximum absolute atomic E-state index is 12.4. The van der Waals surface area contributed by atoms with Crippen molar-refractivity contribution in [3.63, 3.8) is 0 Å². The van der Waals surface area contributed by atoms with Crippen molar-refractivity contribution in [1.29, 1.82) is 0 Å². The van der Waals surface area contributed by atoms with Crippen LogP contribution in [0.2, 0.25) is 5.02 Å². The van der Waals surface area contributed by atoms with E-state index in [2.05, 4.69) is 10.2 Å². The number of ketones is 1. The van der Waals surface area contributed by atoms with E-state index < -0.39 is 0 Å². The second kappa shape index (κ2) is 5.36. The van der Waals surface area contributed by atoms with Gasteiger partial charge in [0.1, 0.15) is 5.75 Å². The van der Waals surface area contributed by atoms with Crippen molar-refractivity contribution in [2.75, 3.05) is 7.11 Å². The number of methoxy groups -OCH3 is 1. The minimum Gasteiger partial charge on any atom is -0.495 e. The van der Waals surface area contributed by atoms with Gasteiger partial charge in [-0.3, -0.25) is 4.79 Å². The van der Waals surface area contributed by atoms with Crippen molar-refractivity contribution in [2.45, 2.75) is 13.8 Å². The molecule has 2 rings (SSSR count). The summed E-state index contributed by atoms with van der Waals surface area (Å²) in [5, 5.41) is 8.34. The molecule has 0 aliphatic heterocycles. The van der Waals surface area contributed by atoms with Gasteiger partial charge in [-0.25, -0.2) is 0 Å². The predicted molar refractivity (Wildman–Crippen MR) is 72.9 cm³/mol. The quantitative estimate of drug-likeness (QED) is 0.809. The third-order valence-corrected chi connectivity index (χ3v) is 3.07. The molecular formula is C14H13ClN2O2. The Morgan fingerprint density at radius 1 is 1.21 bits per heavy atom. The highest BCUT2D eigenvalue weighted by Crippen LogP contribution is 2.26. The summed E-state index contributed by atoms with van der Waals surface area (Å²) in [6, 6.07) is 6.67. The lowest BCUT2D eigenvalue weighted by molar-refractivity contribution is 0.103. The maximum atomic E-state index is 12.4. The zero-order valence-electron chi connectivity index (χ0n) is 10.9. The van der Waals surface area contributed by atoms with Crippen LogP contribution in [0.25, 0.3) is 0 Å². The Kier molecular flexibility index (Phi) is 3.81. The van der Waals surface area contributed by atoms with Gasteiger partial charge in [-0.1, -0.05) is 11.6 Å². The minimum atomic E-state index is -0.120. The second-order valence-corrected chi connectivity index (χ2v) is 4.57. The first-order valence-corrected chi connectivity index (χ1v) is 6.10. The summed E-state index contributed by atoms with van der Waals surface area (Å²) >= 11 is 5.94. The van der Waals surface area contributed by atoms with Gasteiger partial charge in [-0.05, 0) is 38.1 Å². The van der Waals surface area contributed by atoms with Crippen molar-refractivity contribution >= 4 is 17.4 Å². The van der Waals surface area contributed by atoms with Gasteiger partial charge in [-0.2, -0.15) is 10.2 Å². The zero-order valence-corrected chi connectivity index (χ0v) is 11.7. The Morgan fingerprint density at radius 2 is 1.95 bits per heavy atom. The first kappa shape index (κ1) is 13.5. The fourth-order valence-electron chi connectivity index (χ4n) is 1.74. The lowest BCUT2D eigenvalue weighted by Gasteiger charge is -2.07. The van der Waals surface area contributed by atoms with Gasteiger partial charge in [0, 0.05) is 11.1 Å². The monoisotopic (exact) mass is 276 g/mol. The van der Waals surface area contributed by atoms with Crippen LogP contribution >= 0.6 is 11.6 Å². The molecule has 1 aromatic heterocycles. The molecular weight excluding hydrogens is 264 g/mol. The number of ether oxygens (including phenoxy) is 1. The van der Waals surface area contributed by atoms with Crippen molar-refractivity contribution in [3.05, 3.63) is 51.8 Å². The van der Waals surface area contributed by atoms with Crippen LogP contribution < -0.4 is 4.74 Å². The SMILES string of the molecule is COc1cc(C(=O)c2cc(C)nnc2C)ccc1Cl. The van der Waals surface area contributed by atoms with Crippen LogP contribution in [0.4, 0.5) is 0 Å². The molecule has 19 heavy (non-hydrogen) atoms. The Bertz CT molecular complexity index is 641. The van der Waals surface area contributed by atoms with E-state index in [1.165, 1.54) is 7.11 Å². The molecule has 2 aromatic rings. The van der Waals surface area contributed by atoms with E-state index >= 15 is 0 Å². The number of nitrogens with zero attached hydrogens (tertiary/aromatic N) is 2. The number of rotatable bonds is 3. The number of aromatic nitrogens is 2. The molecule has 4 nitrogen and oxygen atoms in total. The highest BCUT2D eigenvalue weighted by molar-refractivity contribution is 6.32. The topological polar surface area (TPSA) is 52.1 Å². The molecule has 0 unspecified atom stereocenters. The minimum absolute atomic E-state index is 0.120. The Morgan fingerprint density at radius 3 is 2.63 bits per heavy atom. The van der Waals surface area contributed by atoms with Crippen molar-refractivity contribution < 1.29 is 9.53 Å². The number of carbonyl (C=O) groups is 1. The summed E-state index contributed by atoms with van der Waals surface area (Å²) in [5.74, 6) is 0.356. The summed E-state index contributed by atoms with van der Waals surface area (Å²) in [7, 11) is 1.51. The van der Waals surface area contributed by atoms with E-state index in [1.807, 2.05) is 0 Å². The van der Waals surface area contributed by atoms with Gasteiger partial charge in [-0.15, -0.1) is 0 Å². The van der Waals surface area contributed by atoms with E-state index in [0.717, 1.165) is 0 Å². The molecule has 1 heterocycles. The molecule has 0 amide bonds. The third-order valence-electron chi connectivity index (χ3n) is 2.76. The van der Waals surface area contributed by atoms with Crippen LogP contribution in [0.1, 0.15) is 27.3 Å². The summed E-state index contributed by atoms with van der Waals surface area (Å²) in [5.41, 5.74) is 2.35. The Hall–Kier alpha value is -1.94. The van der Waals surface area contributed by atoms with Crippen LogP contribution in [0.15, 0.2) is 24.3 Å². The molecule has 1 aromatic carbocycles. The van der Waals surface area contributed by atoms with Crippen LogP contribution in [-0.4, -0.2) is 23.1 Å². The number of benzene rings is 1. The standard InChI is InChI=1S/C14H13ClN2O2/c1-8-6-11(9(2)17-16-8)14(18)10-4-5-12(15)13(7-10)19-3/h4-7H,1-3H3. The normalized spacial score (nSPS) is 10.3. The average molecular weight is 277 g/mol. The number of carbonyl (C=O) groups excluding carboxylic acids is 1. The number of hydrogen-bond donors (Lipinski definition) is 0. The van der Waals surface area contributed by atoms with Gasteiger partial charge >= 0.3 is 0 Å². The van der Waals surface area contributed by atoms with Crippen LogP contribution in [0, 0.1) is 13.8 Å². The van der Waals surface area contributed by atoms with Crippen molar-refractivity contribution in [2.24, 2.45) is 0 Å². The molecule has 0 aliphatic carbocycles. The number of hydrogen-bond acceptors (Lipinski definition) is 4. The zero-order chi connectivity index (χ0) is 14.0. The molecule has 0 spiro atoms. The predicted octanol–water partition coefficient (Wildman–Crippen LogP) is 2.99. The third kappa shape index (κ3) is 2.74. The largest absolute Gasteiger partial charge is 0.495 e. The fourth-order valence-corrected chi connectivity index (χ4v) is 1.93. The number of halogens is 1. The van der Waals surface area contributed by atoms with Crippen molar-refractivity contribution in [1.82, 2.24) is 10.2 Å². The molecule has 0 fully saturated rings. The number of aryl methyl sites for hydroxylation is 2. The highest BCUT2D eigenvalue weighted by atomic mass is 35.5. The highest BCUT2D eigenvalue weighted by Gasteiger charge is 2.15. The molecule has 0 bridgehead atoms. The van der Waals surface area contributed by atoms with E-state index in [9.17, 15) is 4.79 Å². The van der Waals surface area contributed by atoms with Gasteiger partial charge in [0.05, 0.1) is 23.5 Å². The summed E-state index contributed by atoms with van der Waals surface area (Å²) in [6.45, 7) is 3.55. The molecule has 98 valence electrons. The lowest BCUT2D eigenvalue weighted by Crippen LogP contribution is -2.07. The second-order valence-electron chi connectivity index (χ2n) is 4.16. The summed E-state index contributed by atoms with van der Waals surface area (Å²) in [6.07, 6.45) is 0. The summed E-state index contributed by atoms with van der Waals surface area (Å²) < 4.78 is 5.11. The van der Waals surface area contributed by atoms with Crippen molar-refractivity contribution in [3.8, 4) is 5.75 Å². The van der Waals surface area contributed by atoms with Crippen LogP contribution in [0.5, 0.6) is 5.75 Å². The van der Waals surface area contributed by atoms with Gasteiger partial charge in [0.25, 0.3) is 0 Å². The molecule has 0 saturated heterocycles. The smallest absolute Gasteiger partial charge is 0.195 e. The first-order valence-electron chi connectivity index (χ1n) is 5.72. The van der Waals surface area contributed by atoms with E-state index in [1.54, 1.807) is 38.1 Å². The van der Waals surface area contributed by atoms with Crippen LogP contribution in [-0.2, 0) is 0 Å².